The highest BCUT2D eigenvalue weighted by atomic mass is 19.1. The van der Waals surface area contributed by atoms with E-state index in [1.54, 1.807) is 29.1 Å². The molecule has 14 heavy (non-hydrogen) atoms. The molecule has 2 aromatic rings. The summed E-state index contributed by atoms with van der Waals surface area (Å²) < 4.78 is 27.5. The molecule has 1 aromatic carbocycles. The first kappa shape index (κ1) is 8.81. The molecule has 0 radical (unpaired) electrons. The molecule has 0 atom stereocenters. The molecule has 0 N–H and O–H groups in total. The van der Waals surface area contributed by atoms with Gasteiger partial charge in [0.1, 0.15) is 5.82 Å². The van der Waals surface area contributed by atoms with Crippen molar-refractivity contribution in [3.63, 3.8) is 0 Å². The highest BCUT2D eigenvalue weighted by Gasteiger charge is 2.11. The van der Waals surface area contributed by atoms with Crippen molar-refractivity contribution in [3.05, 3.63) is 60.4 Å². The molecule has 0 saturated carbocycles. The van der Waals surface area contributed by atoms with Crippen LogP contribution in [0.25, 0.3) is 5.69 Å². The molecule has 1 heterocycles. The average Bonchev–Trinajstić information content (AvgIpc) is 2.19. The molecule has 0 amide bonds. The smallest absolute Gasteiger partial charge is 0.207 e. The van der Waals surface area contributed by atoms with Gasteiger partial charge < -0.3 is 0 Å². The minimum atomic E-state index is -0.568. The van der Waals surface area contributed by atoms with Gasteiger partial charge >= 0.3 is 0 Å². The predicted octanol–water partition coefficient (Wildman–Crippen LogP) is 2.24. The quantitative estimate of drug-likeness (QED) is 0.610. The molecule has 0 spiro atoms. The van der Waals surface area contributed by atoms with Crippen molar-refractivity contribution in [1.82, 2.24) is 0 Å². The molecule has 0 aliphatic rings. The lowest BCUT2D eigenvalue weighted by atomic mass is 10.3. The minimum absolute atomic E-state index is 0.340. The van der Waals surface area contributed by atoms with Crippen LogP contribution in [0.2, 0.25) is 0 Å². The maximum absolute atomic E-state index is 13.3. The second-order valence-electron chi connectivity index (χ2n) is 2.88. The molecule has 0 saturated heterocycles. The number of halogens is 2. The predicted molar refractivity (Wildman–Crippen MR) is 47.9 cm³/mol. The third-order valence-corrected chi connectivity index (χ3v) is 1.90. The molecule has 3 heteroatoms. The minimum Gasteiger partial charge on any atom is -0.207 e. The molecule has 1 nitrogen and oxygen atoms in total. The van der Waals surface area contributed by atoms with E-state index in [-0.39, 0.29) is 0 Å². The van der Waals surface area contributed by atoms with Gasteiger partial charge in [-0.05, 0) is 6.07 Å². The van der Waals surface area contributed by atoms with Crippen LogP contribution < -0.4 is 4.57 Å². The second kappa shape index (κ2) is 3.54. The summed E-state index contributed by atoms with van der Waals surface area (Å²) in [7, 11) is 0. The first-order chi connectivity index (χ1) is 6.77. The van der Waals surface area contributed by atoms with Crippen molar-refractivity contribution >= 4 is 0 Å². The molecule has 2 rings (SSSR count). The Morgan fingerprint density at radius 1 is 0.929 bits per heavy atom. The Bertz CT molecular complexity index is 440. The van der Waals surface area contributed by atoms with Crippen LogP contribution >= 0.6 is 0 Å². The Morgan fingerprint density at radius 2 is 1.64 bits per heavy atom. The summed E-state index contributed by atoms with van der Waals surface area (Å²) in [6.07, 6.45) is 3.41. The maximum Gasteiger partial charge on any atom is 0.246 e. The van der Waals surface area contributed by atoms with Gasteiger partial charge in [0.25, 0.3) is 0 Å². The number of hydrogen-bond donors (Lipinski definition) is 0. The zero-order chi connectivity index (χ0) is 9.97. The Labute approximate surface area is 80.2 Å². The number of pyridine rings is 1. The van der Waals surface area contributed by atoms with Crippen molar-refractivity contribution in [1.29, 1.82) is 0 Å². The maximum atomic E-state index is 13.3. The summed E-state index contributed by atoms with van der Waals surface area (Å²) in [6.45, 7) is 0. The lowest BCUT2D eigenvalue weighted by Crippen LogP contribution is -2.30. The first-order valence-corrected chi connectivity index (χ1v) is 4.19. The molecule has 0 aliphatic heterocycles. The Morgan fingerprint density at radius 3 is 2.29 bits per heavy atom. The molecule has 0 aliphatic carbocycles. The van der Waals surface area contributed by atoms with Gasteiger partial charge in [-0.15, -0.1) is 0 Å². The SMILES string of the molecule is Fc1ccc(-[n+]2ccccc2)c(F)c1. The van der Waals surface area contributed by atoms with E-state index in [0.717, 1.165) is 6.07 Å². The van der Waals surface area contributed by atoms with Crippen LogP contribution in [-0.2, 0) is 0 Å². The summed E-state index contributed by atoms with van der Waals surface area (Å²) in [5.74, 6) is -1.14. The molecule has 0 bridgehead atoms. The topological polar surface area (TPSA) is 3.88 Å². The standard InChI is InChI=1S/C11H8F2N/c12-9-4-5-11(10(13)8-9)14-6-2-1-3-7-14/h1-8H/q+1. The van der Waals surface area contributed by atoms with Gasteiger partial charge in [0.05, 0.1) is 0 Å². The van der Waals surface area contributed by atoms with E-state index in [1.165, 1.54) is 12.1 Å². The summed E-state index contributed by atoms with van der Waals surface area (Å²) in [6, 6.07) is 8.90. The third kappa shape index (κ3) is 1.62. The number of nitrogens with zero attached hydrogens (tertiary/aromatic N) is 1. The average molecular weight is 192 g/mol. The number of aromatic nitrogens is 1. The third-order valence-electron chi connectivity index (χ3n) is 1.90. The van der Waals surface area contributed by atoms with E-state index >= 15 is 0 Å². The Balaban J connectivity index is 2.53. The summed E-state index contributed by atoms with van der Waals surface area (Å²) >= 11 is 0. The van der Waals surface area contributed by atoms with E-state index in [2.05, 4.69) is 0 Å². The molecular weight excluding hydrogens is 184 g/mol. The van der Waals surface area contributed by atoms with Crippen LogP contribution in [-0.4, -0.2) is 0 Å². The lowest BCUT2D eigenvalue weighted by Gasteiger charge is -1.96. The second-order valence-corrected chi connectivity index (χ2v) is 2.88. The van der Waals surface area contributed by atoms with Crippen molar-refractivity contribution in [2.24, 2.45) is 0 Å². The number of benzene rings is 1. The van der Waals surface area contributed by atoms with Gasteiger partial charge in [-0.25, -0.2) is 4.39 Å². The lowest BCUT2D eigenvalue weighted by molar-refractivity contribution is -0.597. The van der Waals surface area contributed by atoms with Crippen LogP contribution in [0.1, 0.15) is 0 Å². The Hall–Kier alpha value is -1.77. The van der Waals surface area contributed by atoms with Crippen LogP contribution in [0.5, 0.6) is 0 Å². The highest BCUT2D eigenvalue weighted by Crippen LogP contribution is 2.08. The Kier molecular flexibility index (Phi) is 2.23. The molecule has 0 fully saturated rings. The van der Waals surface area contributed by atoms with Crippen LogP contribution in [0, 0.1) is 11.6 Å². The monoisotopic (exact) mass is 192 g/mol. The normalized spacial score (nSPS) is 10.1. The van der Waals surface area contributed by atoms with E-state index in [0.29, 0.717) is 5.69 Å². The van der Waals surface area contributed by atoms with Gasteiger partial charge in [-0.1, -0.05) is 6.07 Å². The van der Waals surface area contributed by atoms with Crippen molar-refractivity contribution in [2.75, 3.05) is 0 Å². The fraction of sp³-hybridized carbons (Fsp3) is 0. The van der Waals surface area contributed by atoms with Gasteiger partial charge in [-0.3, -0.25) is 0 Å². The molecule has 0 unspecified atom stereocenters. The number of rotatable bonds is 1. The van der Waals surface area contributed by atoms with Gasteiger partial charge in [0.15, 0.2) is 18.2 Å². The molecule has 1 aromatic heterocycles. The van der Waals surface area contributed by atoms with E-state index < -0.39 is 11.6 Å². The fourth-order valence-electron chi connectivity index (χ4n) is 1.25. The summed E-state index contributed by atoms with van der Waals surface area (Å²) in [5.41, 5.74) is 0.340. The van der Waals surface area contributed by atoms with Crippen molar-refractivity contribution < 1.29 is 13.3 Å². The van der Waals surface area contributed by atoms with Gasteiger partial charge in [0, 0.05) is 24.3 Å². The fourth-order valence-corrected chi connectivity index (χ4v) is 1.25. The summed E-state index contributed by atoms with van der Waals surface area (Å²) in [5, 5.41) is 0. The van der Waals surface area contributed by atoms with Gasteiger partial charge in [0.2, 0.25) is 5.69 Å². The van der Waals surface area contributed by atoms with Crippen LogP contribution in [0.15, 0.2) is 48.8 Å². The first-order valence-electron chi connectivity index (χ1n) is 4.19. The van der Waals surface area contributed by atoms with Crippen LogP contribution in [0.3, 0.4) is 0 Å². The van der Waals surface area contributed by atoms with E-state index in [4.69, 9.17) is 0 Å². The van der Waals surface area contributed by atoms with Gasteiger partial charge in [-0.2, -0.15) is 8.96 Å². The highest BCUT2D eigenvalue weighted by molar-refractivity contribution is 5.24. The zero-order valence-corrected chi connectivity index (χ0v) is 7.32. The summed E-state index contributed by atoms with van der Waals surface area (Å²) in [4.78, 5) is 0. The van der Waals surface area contributed by atoms with Crippen molar-refractivity contribution in [3.8, 4) is 5.69 Å². The molecule has 70 valence electrons. The van der Waals surface area contributed by atoms with Crippen molar-refractivity contribution in [2.45, 2.75) is 0 Å². The van der Waals surface area contributed by atoms with E-state index in [1.807, 2.05) is 6.07 Å². The van der Waals surface area contributed by atoms with E-state index in [9.17, 15) is 8.78 Å². The number of hydrogen-bond acceptors (Lipinski definition) is 0. The zero-order valence-electron chi connectivity index (χ0n) is 7.32. The largest absolute Gasteiger partial charge is 0.246 e. The van der Waals surface area contributed by atoms with Crippen LogP contribution in [0.4, 0.5) is 8.78 Å². The molecular formula is C11H8F2N+.